The molecule has 0 bridgehead atoms. The van der Waals surface area contributed by atoms with Crippen molar-refractivity contribution in [3.05, 3.63) is 0 Å². The molecule has 0 amide bonds. The molecule has 0 radical (unpaired) electrons. The summed E-state index contributed by atoms with van der Waals surface area (Å²) < 4.78 is 25.3. The van der Waals surface area contributed by atoms with Crippen LogP contribution in [-0.4, -0.2) is 42.5 Å². The maximum atomic E-state index is 11.9. The van der Waals surface area contributed by atoms with Crippen molar-refractivity contribution < 1.29 is 13.6 Å². The Hall–Kier alpha value is -0.620. The number of nitrogens with zero attached hydrogens (tertiary/aromatic N) is 2. The lowest BCUT2D eigenvalue weighted by Gasteiger charge is -2.31. The van der Waals surface area contributed by atoms with Crippen molar-refractivity contribution in [2.75, 3.05) is 18.8 Å². The Kier molecular flexibility index (Phi) is 4.73. The zero-order valence-electron chi connectivity index (χ0n) is 9.89. The maximum absolute atomic E-state index is 11.9. The summed E-state index contributed by atoms with van der Waals surface area (Å²) in [6.45, 7) is 4.74. The van der Waals surface area contributed by atoms with E-state index in [1.165, 1.54) is 4.31 Å². The normalized spacial score (nSPS) is 26.1. The standard InChI is InChI=1S/C10H20N2O3S/c1-3-7-16(14,15)12-6-5-10(11-13)9(4-2)8-12/h9,13H,3-8H2,1-2H3. The quantitative estimate of drug-likeness (QED) is 0.602. The molecule has 1 N–H and O–H groups in total. The smallest absolute Gasteiger partial charge is 0.214 e. The van der Waals surface area contributed by atoms with Gasteiger partial charge in [-0.3, -0.25) is 0 Å². The Morgan fingerprint density at radius 3 is 2.69 bits per heavy atom. The van der Waals surface area contributed by atoms with E-state index in [9.17, 15) is 8.42 Å². The van der Waals surface area contributed by atoms with Crippen LogP contribution in [0.15, 0.2) is 5.16 Å². The van der Waals surface area contributed by atoms with Gasteiger partial charge < -0.3 is 5.21 Å². The molecule has 6 heteroatoms. The van der Waals surface area contributed by atoms with Crippen molar-refractivity contribution in [1.29, 1.82) is 0 Å². The number of rotatable bonds is 4. The van der Waals surface area contributed by atoms with Crippen molar-refractivity contribution in [1.82, 2.24) is 4.31 Å². The van der Waals surface area contributed by atoms with Crippen molar-refractivity contribution >= 4 is 15.7 Å². The predicted molar refractivity (Wildman–Crippen MR) is 63.3 cm³/mol. The molecule has 1 aliphatic heterocycles. The van der Waals surface area contributed by atoms with Crippen molar-refractivity contribution in [2.45, 2.75) is 33.1 Å². The highest BCUT2D eigenvalue weighted by Crippen LogP contribution is 2.20. The Balaban J connectivity index is 2.75. The molecule has 5 nitrogen and oxygen atoms in total. The number of piperidine rings is 1. The SMILES string of the molecule is CCCS(=O)(=O)N1CCC(=NO)C(CC)C1. The molecule has 0 spiro atoms. The lowest BCUT2D eigenvalue weighted by atomic mass is 9.95. The van der Waals surface area contributed by atoms with E-state index in [0.717, 1.165) is 12.1 Å². The van der Waals surface area contributed by atoms with Gasteiger partial charge in [0.2, 0.25) is 10.0 Å². The van der Waals surface area contributed by atoms with E-state index in [4.69, 9.17) is 5.21 Å². The second-order valence-corrected chi connectivity index (χ2v) is 6.21. The zero-order chi connectivity index (χ0) is 12.2. The predicted octanol–water partition coefficient (Wildman–Crippen LogP) is 1.29. The summed E-state index contributed by atoms with van der Waals surface area (Å²) in [6, 6.07) is 0. The molecule has 0 aliphatic carbocycles. The monoisotopic (exact) mass is 248 g/mol. The molecule has 0 aromatic rings. The van der Waals surface area contributed by atoms with Crippen LogP contribution in [0.25, 0.3) is 0 Å². The second kappa shape index (κ2) is 5.63. The Morgan fingerprint density at radius 1 is 1.50 bits per heavy atom. The van der Waals surface area contributed by atoms with E-state index in [0.29, 0.717) is 25.9 Å². The molecule has 1 saturated heterocycles. The first-order chi connectivity index (χ1) is 7.55. The molecule has 0 aromatic carbocycles. The minimum absolute atomic E-state index is 0.0605. The lowest BCUT2D eigenvalue weighted by Crippen LogP contribution is -2.44. The number of hydrogen-bond acceptors (Lipinski definition) is 4. The summed E-state index contributed by atoms with van der Waals surface area (Å²) in [6.07, 6.45) is 1.98. The molecule has 1 fully saturated rings. The highest BCUT2D eigenvalue weighted by Gasteiger charge is 2.31. The average Bonchev–Trinajstić information content (AvgIpc) is 2.28. The summed E-state index contributed by atoms with van der Waals surface area (Å²) in [4.78, 5) is 0. The van der Waals surface area contributed by atoms with E-state index in [-0.39, 0.29) is 11.7 Å². The molecular weight excluding hydrogens is 228 g/mol. The van der Waals surface area contributed by atoms with Crippen LogP contribution in [0.1, 0.15) is 33.1 Å². The van der Waals surface area contributed by atoms with Gasteiger partial charge in [0.05, 0.1) is 11.5 Å². The van der Waals surface area contributed by atoms with Gasteiger partial charge in [-0.05, 0) is 12.8 Å². The van der Waals surface area contributed by atoms with Gasteiger partial charge in [0.25, 0.3) is 0 Å². The van der Waals surface area contributed by atoms with Crippen LogP contribution in [0.4, 0.5) is 0 Å². The van der Waals surface area contributed by atoms with Crippen LogP contribution in [0.2, 0.25) is 0 Å². The van der Waals surface area contributed by atoms with Crippen LogP contribution in [0.3, 0.4) is 0 Å². The largest absolute Gasteiger partial charge is 0.411 e. The molecule has 1 heterocycles. The topological polar surface area (TPSA) is 70.0 Å². The molecule has 1 aliphatic rings. The average molecular weight is 248 g/mol. The van der Waals surface area contributed by atoms with Gasteiger partial charge in [-0.15, -0.1) is 0 Å². The lowest BCUT2D eigenvalue weighted by molar-refractivity contribution is 0.295. The van der Waals surface area contributed by atoms with Crippen LogP contribution < -0.4 is 0 Å². The summed E-state index contributed by atoms with van der Waals surface area (Å²) >= 11 is 0. The third kappa shape index (κ3) is 2.95. The minimum Gasteiger partial charge on any atom is -0.411 e. The van der Waals surface area contributed by atoms with Gasteiger partial charge in [-0.25, -0.2) is 12.7 Å². The first-order valence-corrected chi connectivity index (χ1v) is 7.34. The van der Waals surface area contributed by atoms with Crippen molar-refractivity contribution in [3.63, 3.8) is 0 Å². The van der Waals surface area contributed by atoms with Gasteiger partial charge in [-0.2, -0.15) is 0 Å². The molecule has 16 heavy (non-hydrogen) atoms. The highest BCUT2D eigenvalue weighted by molar-refractivity contribution is 7.89. The zero-order valence-corrected chi connectivity index (χ0v) is 10.7. The van der Waals surface area contributed by atoms with E-state index < -0.39 is 10.0 Å². The Bertz CT molecular complexity index is 351. The number of oxime groups is 1. The molecule has 94 valence electrons. The van der Waals surface area contributed by atoms with E-state index in [1.807, 2.05) is 13.8 Å². The Labute approximate surface area is 97.2 Å². The molecular formula is C10H20N2O3S. The third-order valence-electron chi connectivity index (χ3n) is 2.99. The highest BCUT2D eigenvalue weighted by atomic mass is 32.2. The van der Waals surface area contributed by atoms with Gasteiger partial charge in [-0.1, -0.05) is 19.0 Å². The van der Waals surface area contributed by atoms with Gasteiger partial charge in [0.1, 0.15) is 0 Å². The minimum atomic E-state index is -3.11. The van der Waals surface area contributed by atoms with Gasteiger partial charge in [0, 0.05) is 25.4 Å². The molecule has 0 aromatic heterocycles. The Morgan fingerprint density at radius 2 is 2.19 bits per heavy atom. The van der Waals surface area contributed by atoms with E-state index >= 15 is 0 Å². The molecule has 0 saturated carbocycles. The van der Waals surface area contributed by atoms with Crippen molar-refractivity contribution in [2.24, 2.45) is 11.1 Å². The van der Waals surface area contributed by atoms with Crippen LogP contribution >= 0.6 is 0 Å². The first-order valence-electron chi connectivity index (χ1n) is 5.73. The first kappa shape index (κ1) is 13.4. The maximum Gasteiger partial charge on any atom is 0.214 e. The van der Waals surface area contributed by atoms with E-state index in [1.54, 1.807) is 0 Å². The summed E-state index contributed by atoms with van der Waals surface area (Å²) in [5.74, 6) is 0.264. The van der Waals surface area contributed by atoms with Crippen LogP contribution in [-0.2, 0) is 10.0 Å². The summed E-state index contributed by atoms with van der Waals surface area (Å²) in [5.41, 5.74) is 0.727. The van der Waals surface area contributed by atoms with Gasteiger partial charge >= 0.3 is 0 Å². The number of hydrogen-bond donors (Lipinski definition) is 1. The molecule has 1 rings (SSSR count). The van der Waals surface area contributed by atoms with E-state index in [2.05, 4.69) is 5.16 Å². The summed E-state index contributed by atoms with van der Waals surface area (Å²) in [7, 11) is -3.11. The fourth-order valence-corrected chi connectivity index (χ4v) is 3.57. The molecule has 1 unspecified atom stereocenters. The van der Waals surface area contributed by atoms with Gasteiger partial charge in [0.15, 0.2) is 0 Å². The van der Waals surface area contributed by atoms with Crippen LogP contribution in [0.5, 0.6) is 0 Å². The fraction of sp³-hybridized carbons (Fsp3) is 0.900. The fourth-order valence-electron chi connectivity index (χ4n) is 2.02. The second-order valence-electron chi connectivity index (χ2n) is 4.12. The third-order valence-corrected chi connectivity index (χ3v) is 5.03. The van der Waals surface area contributed by atoms with Crippen LogP contribution in [0, 0.1) is 5.92 Å². The van der Waals surface area contributed by atoms with Crippen molar-refractivity contribution in [3.8, 4) is 0 Å². The summed E-state index contributed by atoms with van der Waals surface area (Å²) in [5, 5.41) is 12.1. The molecule has 1 atom stereocenters. The number of sulfonamides is 1.